The van der Waals surface area contributed by atoms with Crippen LogP contribution in [0.5, 0.6) is 0 Å². The van der Waals surface area contributed by atoms with Gasteiger partial charge in [-0.1, -0.05) is 0 Å². The summed E-state index contributed by atoms with van der Waals surface area (Å²) in [7, 11) is 0. The number of aromatic nitrogens is 2. The molecule has 1 saturated heterocycles. The van der Waals surface area contributed by atoms with Gasteiger partial charge in [0.2, 0.25) is 0 Å². The molecule has 2 heterocycles. The van der Waals surface area contributed by atoms with Crippen LogP contribution in [0.1, 0.15) is 19.0 Å². The van der Waals surface area contributed by atoms with Crippen molar-refractivity contribution in [2.24, 2.45) is 11.7 Å². The molecular formula is C10H19ClN4. The molecule has 0 saturated carbocycles. The SMILES string of the molecule is CC1CC(CN)CN1Cc1ccn[nH]1.Cl. The van der Waals surface area contributed by atoms with Gasteiger partial charge in [-0.15, -0.1) is 12.4 Å². The predicted molar refractivity (Wildman–Crippen MR) is 62.9 cm³/mol. The number of H-pyrrole nitrogens is 1. The van der Waals surface area contributed by atoms with Crippen molar-refractivity contribution < 1.29 is 0 Å². The molecule has 1 aliphatic rings. The Hall–Kier alpha value is -0.580. The lowest BCUT2D eigenvalue weighted by Gasteiger charge is -2.19. The van der Waals surface area contributed by atoms with Crippen LogP contribution < -0.4 is 5.73 Å². The third-order valence-electron chi connectivity index (χ3n) is 3.06. The smallest absolute Gasteiger partial charge is 0.0492 e. The van der Waals surface area contributed by atoms with Crippen molar-refractivity contribution in [1.29, 1.82) is 0 Å². The van der Waals surface area contributed by atoms with E-state index in [9.17, 15) is 0 Å². The highest BCUT2D eigenvalue weighted by atomic mass is 35.5. The molecule has 0 amide bonds. The summed E-state index contributed by atoms with van der Waals surface area (Å²) in [5, 5.41) is 6.95. The van der Waals surface area contributed by atoms with E-state index >= 15 is 0 Å². The van der Waals surface area contributed by atoms with Gasteiger partial charge in [-0.3, -0.25) is 10.00 Å². The largest absolute Gasteiger partial charge is 0.330 e. The molecule has 2 unspecified atom stereocenters. The van der Waals surface area contributed by atoms with Gasteiger partial charge in [0.1, 0.15) is 0 Å². The first-order chi connectivity index (χ1) is 6.79. The van der Waals surface area contributed by atoms with E-state index in [1.165, 1.54) is 12.1 Å². The number of halogens is 1. The molecular weight excluding hydrogens is 212 g/mol. The van der Waals surface area contributed by atoms with Gasteiger partial charge in [-0.05, 0) is 31.9 Å². The number of nitrogens with one attached hydrogen (secondary N) is 1. The van der Waals surface area contributed by atoms with Gasteiger partial charge in [-0.25, -0.2) is 0 Å². The molecule has 0 aliphatic carbocycles. The third kappa shape index (κ3) is 2.93. The first kappa shape index (κ1) is 12.5. The number of nitrogens with two attached hydrogens (primary N) is 1. The van der Waals surface area contributed by atoms with Crippen LogP contribution >= 0.6 is 12.4 Å². The molecule has 0 aromatic carbocycles. The molecule has 1 fully saturated rings. The molecule has 0 spiro atoms. The summed E-state index contributed by atoms with van der Waals surface area (Å²) in [5.74, 6) is 0.674. The van der Waals surface area contributed by atoms with Gasteiger partial charge >= 0.3 is 0 Å². The molecule has 2 rings (SSSR count). The van der Waals surface area contributed by atoms with Crippen LogP contribution in [0.2, 0.25) is 0 Å². The van der Waals surface area contributed by atoms with Crippen molar-refractivity contribution in [2.45, 2.75) is 25.9 Å². The minimum Gasteiger partial charge on any atom is -0.330 e. The number of hydrogen-bond donors (Lipinski definition) is 2. The van der Waals surface area contributed by atoms with E-state index in [4.69, 9.17) is 5.73 Å². The zero-order chi connectivity index (χ0) is 9.97. The number of hydrogen-bond acceptors (Lipinski definition) is 3. The Bertz CT molecular complexity index is 275. The Labute approximate surface area is 96.6 Å². The van der Waals surface area contributed by atoms with Crippen LogP contribution in [0, 0.1) is 5.92 Å². The second-order valence-corrected chi connectivity index (χ2v) is 4.20. The maximum absolute atomic E-state index is 5.68. The van der Waals surface area contributed by atoms with E-state index in [0.717, 1.165) is 19.6 Å². The molecule has 86 valence electrons. The van der Waals surface area contributed by atoms with E-state index in [2.05, 4.69) is 22.0 Å². The van der Waals surface area contributed by atoms with Gasteiger partial charge < -0.3 is 5.73 Å². The predicted octanol–water partition coefficient (Wildman–Crippen LogP) is 1.00. The number of likely N-dealkylation sites (tertiary alicyclic amines) is 1. The second-order valence-electron chi connectivity index (χ2n) is 4.20. The van der Waals surface area contributed by atoms with Crippen LogP contribution in [0.15, 0.2) is 12.3 Å². The minimum atomic E-state index is 0. The van der Waals surface area contributed by atoms with Crippen molar-refractivity contribution in [3.8, 4) is 0 Å². The van der Waals surface area contributed by atoms with Crippen molar-refractivity contribution in [2.75, 3.05) is 13.1 Å². The normalized spacial score (nSPS) is 26.5. The van der Waals surface area contributed by atoms with E-state index in [-0.39, 0.29) is 12.4 Å². The highest BCUT2D eigenvalue weighted by Gasteiger charge is 2.27. The Balaban J connectivity index is 0.00000112. The average Bonchev–Trinajstić information content (AvgIpc) is 2.78. The topological polar surface area (TPSA) is 57.9 Å². The highest BCUT2D eigenvalue weighted by molar-refractivity contribution is 5.85. The van der Waals surface area contributed by atoms with Gasteiger partial charge in [0, 0.05) is 31.0 Å². The Kier molecular flexibility index (Phi) is 4.57. The van der Waals surface area contributed by atoms with E-state index in [1.807, 2.05) is 6.07 Å². The van der Waals surface area contributed by atoms with E-state index in [1.54, 1.807) is 6.20 Å². The summed E-state index contributed by atoms with van der Waals surface area (Å²) in [4.78, 5) is 2.46. The van der Waals surface area contributed by atoms with Gasteiger partial charge in [0.25, 0.3) is 0 Å². The first-order valence-electron chi connectivity index (χ1n) is 5.22. The lowest BCUT2D eigenvalue weighted by molar-refractivity contribution is 0.253. The van der Waals surface area contributed by atoms with Crippen molar-refractivity contribution in [3.63, 3.8) is 0 Å². The Morgan fingerprint density at radius 1 is 1.67 bits per heavy atom. The summed E-state index contributed by atoms with van der Waals surface area (Å²) in [6.07, 6.45) is 3.03. The summed E-state index contributed by atoms with van der Waals surface area (Å²) in [6.45, 7) is 5.17. The molecule has 3 N–H and O–H groups in total. The van der Waals surface area contributed by atoms with Crippen LogP contribution in [0.3, 0.4) is 0 Å². The second kappa shape index (κ2) is 5.49. The fraction of sp³-hybridized carbons (Fsp3) is 0.700. The van der Waals surface area contributed by atoms with Gasteiger partial charge in [-0.2, -0.15) is 5.10 Å². The average molecular weight is 231 g/mol. The Morgan fingerprint density at radius 2 is 2.47 bits per heavy atom. The monoisotopic (exact) mass is 230 g/mol. The maximum atomic E-state index is 5.68. The zero-order valence-corrected chi connectivity index (χ0v) is 9.83. The summed E-state index contributed by atoms with van der Waals surface area (Å²) >= 11 is 0. The number of aromatic amines is 1. The fourth-order valence-corrected chi connectivity index (χ4v) is 2.20. The standard InChI is InChI=1S/C10H18N4.ClH/c1-8-4-9(5-11)6-14(8)7-10-2-3-12-13-10;/h2-3,8-9H,4-7,11H2,1H3,(H,12,13);1H. The molecule has 0 bridgehead atoms. The van der Waals surface area contributed by atoms with Crippen LogP contribution in [0.4, 0.5) is 0 Å². The molecule has 4 nitrogen and oxygen atoms in total. The highest BCUT2D eigenvalue weighted by Crippen LogP contribution is 2.23. The number of rotatable bonds is 3. The lowest BCUT2D eigenvalue weighted by atomic mass is 10.1. The van der Waals surface area contributed by atoms with Crippen LogP contribution in [-0.4, -0.2) is 34.2 Å². The van der Waals surface area contributed by atoms with Crippen LogP contribution in [-0.2, 0) is 6.54 Å². The van der Waals surface area contributed by atoms with Crippen molar-refractivity contribution in [3.05, 3.63) is 18.0 Å². The molecule has 15 heavy (non-hydrogen) atoms. The molecule has 5 heteroatoms. The Morgan fingerprint density at radius 3 is 3.00 bits per heavy atom. The summed E-state index contributed by atoms with van der Waals surface area (Å²) < 4.78 is 0. The van der Waals surface area contributed by atoms with E-state index in [0.29, 0.717) is 12.0 Å². The molecule has 1 aromatic rings. The fourth-order valence-electron chi connectivity index (χ4n) is 2.20. The van der Waals surface area contributed by atoms with Gasteiger partial charge in [0.15, 0.2) is 0 Å². The quantitative estimate of drug-likeness (QED) is 0.815. The molecule has 1 aromatic heterocycles. The summed E-state index contributed by atoms with van der Waals surface area (Å²) in [5.41, 5.74) is 6.87. The van der Waals surface area contributed by atoms with Crippen LogP contribution in [0.25, 0.3) is 0 Å². The summed E-state index contributed by atoms with van der Waals surface area (Å²) in [6, 6.07) is 2.68. The molecule has 2 atom stereocenters. The van der Waals surface area contributed by atoms with Gasteiger partial charge in [0.05, 0.1) is 0 Å². The van der Waals surface area contributed by atoms with Crippen molar-refractivity contribution in [1.82, 2.24) is 15.1 Å². The first-order valence-corrected chi connectivity index (χ1v) is 5.22. The molecule has 1 aliphatic heterocycles. The zero-order valence-electron chi connectivity index (χ0n) is 9.02. The van der Waals surface area contributed by atoms with E-state index < -0.39 is 0 Å². The minimum absolute atomic E-state index is 0. The third-order valence-corrected chi connectivity index (χ3v) is 3.06. The van der Waals surface area contributed by atoms with Crippen molar-refractivity contribution >= 4 is 12.4 Å². The molecule has 0 radical (unpaired) electrons. The maximum Gasteiger partial charge on any atom is 0.0492 e. The lowest BCUT2D eigenvalue weighted by Crippen LogP contribution is -2.27. The number of nitrogens with zero attached hydrogens (tertiary/aromatic N) is 2.